The summed E-state index contributed by atoms with van der Waals surface area (Å²) in [6.07, 6.45) is 0.627. The van der Waals surface area contributed by atoms with Crippen LogP contribution in [0.25, 0.3) is 0 Å². The topological polar surface area (TPSA) is 96.2 Å². The predicted molar refractivity (Wildman–Crippen MR) is 77.2 cm³/mol. The molecule has 21 heavy (non-hydrogen) atoms. The summed E-state index contributed by atoms with van der Waals surface area (Å²) in [5.74, 6) is -0.279. The Labute approximate surface area is 123 Å². The van der Waals surface area contributed by atoms with Gasteiger partial charge in [-0.15, -0.1) is 0 Å². The maximum absolute atomic E-state index is 12.0. The summed E-state index contributed by atoms with van der Waals surface area (Å²) in [7, 11) is 0. The number of β-amino-alcohol motifs (C(OH)–C–C–N with tert-alkyl or cyclic N) is 1. The summed E-state index contributed by atoms with van der Waals surface area (Å²) in [6, 6.07) is 0. The quantitative estimate of drug-likeness (QED) is 0.639. The van der Waals surface area contributed by atoms with Crippen LogP contribution in [-0.4, -0.2) is 51.8 Å². The van der Waals surface area contributed by atoms with Gasteiger partial charge in [0.05, 0.1) is 16.9 Å². The van der Waals surface area contributed by atoms with E-state index >= 15 is 0 Å². The first-order valence-electron chi connectivity index (χ1n) is 7.07. The minimum atomic E-state index is -0.866. The van der Waals surface area contributed by atoms with Crippen LogP contribution in [0.3, 0.4) is 0 Å². The number of hydrogen-bond acceptors (Lipinski definition) is 5. The van der Waals surface area contributed by atoms with Crippen LogP contribution in [0.2, 0.25) is 0 Å². The zero-order valence-electron chi connectivity index (χ0n) is 12.7. The van der Waals surface area contributed by atoms with E-state index in [0.717, 1.165) is 6.54 Å². The zero-order chi connectivity index (χ0) is 15.6. The summed E-state index contributed by atoms with van der Waals surface area (Å²) in [5.41, 5.74) is 1.03. The lowest BCUT2D eigenvalue weighted by Gasteiger charge is -2.21. The van der Waals surface area contributed by atoms with Crippen LogP contribution in [0.4, 0.5) is 0 Å². The van der Waals surface area contributed by atoms with Gasteiger partial charge in [0.1, 0.15) is 6.54 Å². The van der Waals surface area contributed by atoms with Gasteiger partial charge in [0.15, 0.2) is 5.78 Å². The highest BCUT2D eigenvalue weighted by atomic mass is 16.3. The molecule has 3 N–H and O–H groups in total. The molecule has 0 saturated carbocycles. The van der Waals surface area contributed by atoms with Crippen molar-refractivity contribution in [2.24, 2.45) is 0 Å². The number of Topliss-reactive ketones (excluding diaryl/α,β-unsaturated/α-hetero) is 1. The molecular weight excluding hydrogens is 272 g/mol. The van der Waals surface area contributed by atoms with Gasteiger partial charge in [-0.25, -0.2) is 0 Å². The van der Waals surface area contributed by atoms with Crippen molar-refractivity contribution < 1.29 is 14.7 Å². The first kappa shape index (κ1) is 15.7. The molecule has 1 amide bonds. The normalized spacial score (nSPS) is 21.5. The number of rotatable bonds is 5. The van der Waals surface area contributed by atoms with Crippen LogP contribution in [0.15, 0.2) is 0 Å². The van der Waals surface area contributed by atoms with Gasteiger partial charge in [0.2, 0.25) is 5.91 Å². The van der Waals surface area contributed by atoms with E-state index in [0.29, 0.717) is 29.9 Å². The lowest BCUT2D eigenvalue weighted by Crippen LogP contribution is -2.45. The molecule has 0 radical (unpaired) electrons. The zero-order valence-corrected chi connectivity index (χ0v) is 12.7. The predicted octanol–water partition coefficient (Wildman–Crippen LogP) is -0.457. The van der Waals surface area contributed by atoms with E-state index in [-0.39, 0.29) is 24.8 Å². The Balaban J connectivity index is 1.97. The standard InChI is InChI=1S/C14H22N4O3/c1-9-13(11(3)19)10(2)18(17-9)6-12(20)16-8-14(21)4-5-15-7-14/h15,21H,4-8H2,1-3H3,(H,16,20)/t14-/m1/s1. The number of aliphatic hydroxyl groups is 1. The third-order valence-corrected chi connectivity index (χ3v) is 3.86. The van der Waals surface area contributed by atoms with Gasteiger partial charge in [-0.1, -0.05) is 0 Å². The second-order valence-electron chi connectivity index (χ2n) is 5.69. The summed E-state index contributed by atoms with van der Waals surface area (Å²) in [4.78, 5) is 23.5. The second kappa shape index (κ2) is 5.95. The van der Waals surface area contributed by atoms with Gasteiger partial charge in [-0.2, -0.15) is 5.10 Å². The Morgan fingerprint density at radius 3 is 2.71 bits per heavy atom. The number of aryl methyl sites for hydroxylation is 1. The van der Waals surface area contributed by atoms with Crippen LogP contribution in [0.1, 0.15) is 35.1 Å². The molecule has 2 rings (SSSR count). The van der Waals surface area contributed by atoms with Crippen LogP contribution >= 0.6 is 0 Å². The molecule has 0 aliphatic carbocycles. The highest BCUT2D eigenvalue weighted by Gasteiger charge is 2.31. The molecule has 1 aliphatic rings. The second-order valence-corrected chi connectivity index (χ2v) is 5.69. The lowest BCUT2D eigenvalue weighted by molar-refractivity contribution is -0.123. The Kier molecular flexibility index (Phi) is 4.43. The van der Waals surface area contributed by atoms with E-state index < -0.39 is 5.60 Å². The molecule has 2 heterocycles. The maximum Gasteiger partial charge on any atom is 0.241 e. The molecule has 7 nitrogen and oxygen atoms in total. The molecular formula is C14H22N4O3. The van der Waals surface area contributed by atoms with Gasteiger partial charge in [-0.05, 0) is 33.7 Å². The molecule has 1 saturated heterocycles. The van der Waals surface area contributed by atoms with Crippen molar-refractivity contribution in [2.75, 3.05) is 19.6 Å². The minimum absolute atomic E-state index is 0.0451. The number of carbonyl (C=O) groups is 2. The highest BCUT2D eigenvalue weighted by molar-refractivity contribution is 5.96. The van der Waals surface area contributed by atoms with E-state index in [9.17, 15) is 14.7 Å². The van der Waals surface area contributed by atoms with Crippen molar-refractivity contribution in [3.63, 3.8) is 0 Å². The molecule has 7 heteroatoms. The molecule has 0 unspecified atom stereocenters. The lowest BCUT2D eigenvalue weighted by atomic mass is 10.0. The van der Waals surface area contributed by atoms with Crippen LogP contribution in [0.5, 0.6) is 0 Å². The number of carbonyl (C=O) groups excluding carboxylic acids is 2. The van der Waals surface area contributed by atoms with Crippen molar-refractivity contribution in [3.8, 4) is 0 Å². The Bertz CT molecular complexity index is 559. The van der Waals surface area contributed by atoms with Crippen LogP contribution < -0.4 is 10.6 Å². The third-order valence-electron chi connectivity index (χ3n) is 3.86. The number of nitrogens with zero attached hydrogens (tertiary/aromatic N) is 2. The summed E-state index contributed by atoms with van der Waals surface area (Å²) in [5, 5.41) is 20.2. The van der Waals surface area contributed by atoms with E-state index in [1.807, 2.05) is 0 Å². The number of amides is 1. The molecule has 1 atom stereocenters. The average Bonchev–Trinajstić information content (AvgIpc) is 2.93. The molecule has 1 aliphatic heterocycles. The largest absolute Gasteiger partial charge is 0.387 e. The van der Waals surface area contributed by atoms with E-state index in [1.165, 1.54) is 11.6 Å². The number of hydrogen-bond donors (Lipinski definition) is 3. The molecule has 0 bridgehead atoms. The maximum atomic E-state index is 12.0. The molecule has 1 fully saturated rings. The van der Waals surface area contributed by atoms with Crippen molar-refractivity contribution in [3.05, 3.63) is 17.0 Å². The van der Waals surface area contributed by atoms with Crippen molar-refractivity contribution in [1.82, 2.24) is 20.4 Å². The molecule has 0 spiro atoms. The first-order chi connectivity index (χ1) is 9.82. The molecule has 116 valence electrons. The Morgan fingerprint density at radius 2 is 2.19 bits per heavy atom. The SMILES string of the molecule is CC(=O)c1c(C)nn(CC(=O)NC[C@@]2(O)CCNC2)c1C. The highest BCUT2D eigenvalue weighted by Crippen LogP contribution is 2.14. The van der Waals surface area contributed by atoms with Crippen molar-refractivity contribution in [2.45, 2.75) is 39.3 Å². The smallest absolute Gasteiger partial charge is 0.241 e. The Hall–Kier alpha value is -1.73. The van der Waals surface area contributed by atoms with E-state index in [1.54, 1.807) is 13.8 Å². The van der Waals surface area contributed by atoms with Crippen LogP contribution in [-0.2, 0) is 11.3 Å². The minimum Gasteiger partial charge on any atom is -0.387 e. The summed E-state index contributed by atoms with van der Waals surface area (Å²) in [6.45, 7) is 6.53. The van der Waals surface area contributed by atoms with Gasteiger partial charge < -0.3 is 15.7 Å². The fourth-order valence-corrected chi connectivity index (χ4v) is 2.70. The first-order valence-corrected chi connectivity index (χ1v) is 7.07. The van der Waals surface area contributed by atoms with E-state index in [4.69, 9.17) is 0 Å². The van der Waals surface area contributed by atoms with Gasteiger partial charge in [-0.3, -0.25) is 14.3 Å². The Morgan fingerprint density at radius 1 is 1.48 bits per heavy atom. The van der Waals surface area contributed by atoms with Gasteiger partial charge in [0, 0.05) is 18.8 Å². The fraction of sp³-hybridized carbons (Fsp3) is 0.643. The number of nitrogens with one attached hydrogen (secondary N) is 2. The summed E-state index contributed by atoms with van der Waals surface area (Å²) < 4.78 is 1.53. The van der Waals surface area contributed by atoms with Gasteiger partial charge >= 0.3 is 0 Å². The molecule has 1 aromatic rings. The summed E-state index contributed by atoms with van der Waals surface area (Å²) >= 11 is 0. The number of aromatic nitrogens is 2. The number of ketones is 1. The third kappa shape index (κ3) is 3.48. The van der Waals surface area contributed by atoms with Crippen LogP contribution in [0, 0.1) is 13.8 Å². The van der Waals surface area contributed by atoms with Crippen molar-refractivity contribution in [1.29, 1.82) is 0 Å². The van der Waals surface area contributed by atoms with E-state index in [2.05, 4.69) is 15.7 Å². The molecule has 0 aromatic carbocycles. The van der Waals surface area contributed by atoms with Gasteiger partial charge in [0.25, 0.3) is 0 Å². The average molecular weight is 294 g/mol. The fourth-order valence-electron chi connectivity index (χ4n) is 2.70. The monoisotopic (exact) mass is 294 g/mol. The molecule has 1 aromatic heterocycles. The van der Waals surface area contributed by atoms with Crippen molar-refractivity contribution >= 4 is 11.7 Å².